The molecule has 0 radical (unpaired) electrons. The lowest BCUT2D eigenvalue weighted by atomic mass is 10.1. The van der Waals surface area contributed by atoms with Gasteiger partial charge >= 0.3 is 6.18 Å². The Hall–Kier alpha value is -3.69. The monoisotopic (exact) mass is 428 g/mol. The summed E-state index contributed by atoms with van der Waals surface area (Å²) in [6, 6.07) is 6.38. The van der Waals surface area contributed by atoms with Crippen molar-refractivity contribution in [3.05, 3.63) is 65.7 Å². The molecule has 0 saturated heterocycles. The fourth-order valence-corrected chi connectivity index (χ4v) is 3.32. The Morgan fingerprint density at radius 1 is 1.16 bits per heavy atom. The summed E-state index contributed by atoms with van der Waals surface area (Å²) in [5, 5.41) is 11.5. The van der Waals surface area contributed by atoms with Gasteiger partial charge in [0, 0.05) is 24.1 Å². The van der Waals surface area contributed by atoms with Crippen LogP contribution in [-0.2, 0) is 6.18 Å². The van der Waals surface area contributed by atoms with Crippen LogP contribution >= 0.6 is 0 Å². The quantitative estimate of drug-likeness (QED) is 0.508. The van der Waals surface area contributed by atoms with Crippen LogP contribution < -0.4 is 5.32 Å². The van der Waals surface area contributed by atoms with Gasteiger partial charge in [-0.15, -0.1) is 0 Å². The van der Waals surface area contributed by atoms with E-state index in [1.165, 1.54) is 23.1 Å². The number of anilines is 1. The Bertz CT molecular complexity index is 1260. The number of nitrogens with one attached hydrogen (secondary N) is 1. The fourth-order valence-electron chi connectivity index (χ4n) is 3.32. The largest absolute Gasteiger partial charge is 0.416 e. The number of carbonyl (C=O) groups is 1. The molecule has 3 heterocycles. The molecule has 4 rings (SSSR count). The normalized spacial score (nSPS) is 12.0. The summed E-state index contributed by atoms with van der Waals surface area (Å²) in [6.07, 6.45) is 0.0668. The summed E-state index contributed by atoms with van der Waals surface area (Å²) >= 11 is 0. The highest BCUT2D eigenvalue weighted by Gasteiger charge is 2.31. The molecular weight excluding hydrogens is 409 g/mol. The lowest BCUT2D eigenvalue weighted by Gasteiger charge is -2.15. The minimum atomic E-state index is -4.55. The third-order valence-corrected chi connectivity index (χ3v) is 4.75. The second kappa shape index (κ2) is 7.53. The Kier molecular flexibility index (Phi) is 5.00. The maximum atomic E-state index is 13.3. The molecule has 4 aromatic rings. The van der Waals surface area contributed by atoms with Crippen molar-refractivity contribution in [2.75, 3.05) is 5.32 Å². The molecule has 0 aliphatic rings. The zero-order valence-corrected chi connectivity index (χ0v) is 17.0. The van der Waals surface area contributed by atoms with Crippen molar-refractivity contribution in [1.82, 2.24) is 24.5 Å². The number of alkyl halides is 3. The van der Waals surface area contributed by atoms with E-state index in [0.29, 0.717) is 22.4 Å². The highest BCUT2D eigenvalue weighted by molar-refractivity contribution is 6.12. The van der Waals surface area contributed by atoms with Gasteiger partial charge in [-0.2, -0.15) is 23.4 Å². The van der Waals surface area contributed by atoms with Gasteiger partial charge in [-0.3, -0.25) is 4.79 Å². The van der Waals surface area contributed by atoms with Crippen molar-refractivity contribution in [2.45, 2.75) is 33.0 Å². The van der Waals surface area contributed by atoms with Crippen LogP contribution in [0.2, 0.25) is 0 Å². The molecule has 0 unspecified atom stereocenters. The fraction of sp³-hybridized carbons (Fsp3) is 0.238. The first-order chi connectivity index (χ1) is 14.6. The molecule has 0 aliphatic carbocycles. The average molecular weight is 428 g/mol. The molecule has 31 heavy (non-hydrogen) atoms. The highest BCUT2D eigenvalue weighted by Crippen LogP contribution is 2.33. The molecule has 7 nitrogen and oxygen atoms in total. The maximum absolute atomic E-state index is 13.3. The van der Waals surface area contributed by atoms with Gasteiger partial charge in [-0.1, -0.05) is 0 Å². The van der Waals surface area contributed by atoms with E-state index < -0.39 is 17.6 Å². The molecule has 160 valence electrons. The van der Waals surface area contributed by atoms with Gasteiger partial charge in [0.25, 0.3) is 5.91 Å². The van der Waals surface area contributed by atoms with E-state index in [-0.39, 0.29) is 17.3 Å². The van der Waals surface area contributed by atoms with Crippen LogP contribution in [0.1, 0.15) is 41.5 Å². The predicted octanol–water partition coefficient (Wildman–Crippen LogP) is 4.78. The van der Waals surface area contributed by atoms with Crippen LogP contribution in [0.4, 0.5) is 18.9 Å². The number of halogens is 3. The van der Waals surface area contributed by atoms with Crippen LogP contribution in [0.25, 0.3) is 16.7 Å². The molecule has 1 N–H and O–H groups in total. The van der Waals surface area contributed by atoms with Crippen molar-refractivity contribution in [3.63, 3.8) is 0 Å². The average Bonchev–Trinajstić information content (AvgIpc) is 3.36. The van der Waals surface area contributed by atoms with Crippen molar-refractivity contribution >= 4 is 22.6 Å². The molecule has 0 spiro atoms. The van der Waals surface area contributed by atoms with E-state index >= 15 is 0 Å². The molecule has 10 heteroatoms. The van der Waals surface area contributed by atoms with Crippen molar-refractivity contribution in [1.29, 1.82) is 0 Å². The Morgan fingerprint density at radius 3 is 2.58 bits per heavy atom. The number of carbonyl (C=O) groups excluding carboxylic acids is 1. The molecule has 0 saturated carbocycles. The number of aryl methyl sites for hydroxylation is 1. The van der Waals surface area contributed by atoms with E-state index in [1.54, 1.807) is 29.9 Å². The number of rotatable bonds is 4. The molecule has 3 aromatic heterocycles. The molecule has 1 aromatic carbocycles. The lowest BCUT2D eigenvalue weighted by Crippen LogP contribution is -2.16. The lowest BCUT2D eigenvalue weighted by molar-refractivity contribution is -0.137. The van der Waals surface area contributed by atoms with Crippen LogP contribution in [0.5, 0.6) is 0 Å². The Labute approximate surface area is 175 Å². The van der Waals surface area contributed by atoms with Gasteiger partial charge in [-0.25, -0.2) is 14.3 Å². The van der Waals surface area contributed by atoms with E-state index in [9.17, 15) is 18.0 Å². The molecule has 0 aliphatic heterocycles. The third-order valence-electron chi connectivity index (χ3n) is 4.75. The minimum Gasteiger partial charge on any atom is -0.320 e. The molecular formula is C21H19F3N6O. The smallest absolute Gasteiger partial charge is 0.320 e. The van der Waals surface area contributed by atoms with Gasteiger partial charge in [0.1, 0.15) is 0 Å². The van der Waals surface area contributed by atoms with Crippen LogP contribution in [0, 0.1) is 6.92 Å². The maximum Gasteiger partial charge on any atom is 0.416 e. The zero-order valence-electron chi connectivity index (χ0n) is 17.0. The number of nitrogens with zero attached hydrogens (tertiary/aromatic N) is 5. The van der Waals surface area contributed by atoms with E-state index in [0.717, 1.165) is 12.1 Å². The van der Waals surface area contributed by atoms with Crippen LogP contribution in [0.3, 0.4) is 0 Å². The third kappa shape index (κ3) is 3.88. The van der Waals surface area contributed by atoms with Crippen molar-refractivity contribution in [3.8, 4) is 5.69 Å². The van der Waals surface area contributed by atoms with Gasteiger partial charge in [-0.05, 0) is 51.1 Å². The van der Waals surface area contributed by atoms with E-state index in [1.807, 2.05) is 13.8 Å². The second-order valence-electron chi connectivity index (χ2n) is 7.37. The summed E-state index contributed by atoms with van der Waals surface area (Å²) in [7, 11) is 0. The number of pyridine rings is 1. The molecule has 1 amide bonds. The van der Waals surface area contributed by atoms with Crippen LogP contribution in [-0.4, -0.2) is 30.5 Å². The summed E-state index contributed by atoms with van der Waals surface area (Å²) in [4.78, 5) is 17.6. The SMILES string of the molecule is Cc1cc(C(=O)Nc2cc(C(F)(F)F)ccc2-n2cccn2)c2cnn(C(C)C)c2n1. The number of hydrogen-bond donors (Lipinski definition) is 1. The first kappa shape index (κ1) is 20.6. The number of amides is 1. The zero-order chi connectivity index (χ0) is 22.3. The van der Waals surface area contributed by atoms with Gasteiger partial charge < -0.3 is 5.32 Å². The van der Waals surface area contributed by atoms with Crippen molar-refractivity contribution < 1.29 is 18.0 Å². The Morgan fingerprint density at radius 2 is 1.94 bits per heavy atom. The van der Waals surface area contributed by atoms with Gasteiger partial charge in [0.2, 0.25) is 0 Å². The highest BCUT2D eigenvalue weighted by atomic mass is 19.4. The van der Waals surface area contributed by atoms with E-state index in [4.69, 9.17) is 0 Å². The van der Waals surface area contributed by atoms with Crippen molar-refractivity contribution in [2.24, 2.45) is 0 Å². The molecule has 0 atom stereocenters. The minimum absolute atomic E-state index is 0.0117. The standard InChI is InChI=1S/C21H19F3N6O/c1-12(2)30-19-16(11-26-30)15(9-13(3)27-19)20(31)28-17-10-14(21(22,23)24)5-6-18(17)29-8-4-7-25-29/h4-12H,1-3H3,(H,28,31). The van der Waals surface area contributed by atoms with Gasteiger partial charge in [0.05, 0.1) is 34.1 Å². The number of aromatic nitrogens is 5. The molecule has 0 fully saturated rings. The number of fused-ring (bicyclic) bond motifs is 1. The first-order valence-corrected chi connectivity index (χ1v) is 9.52. The number of benzene rings is 1. The van der Waals surface area contributed by atoms with E-state index in [2.05, 4.69) is 20.5 Å². The van der Waals surface area contributed by atoms with Crippen LogP contribution in [0.15, 0.2) is 48.9 Å². The molecule has 0 bridgehead atoms. The first-order valence-electron chi connectivity index (χ1n) is 9.52. The Balaban J connectivity index is 1.80. The topological polar surface area (TPSA) is 77.6 Å². The summed E-state index contributed by atoms with van der Waals surface area (Å²) in [5.41, 5.74) is 0.835. The summed E-state index contributed by atoms with van der Waals surface area (Å²) in [6.45, 7) is 5.62. The predicted molar refractivity (Wildman–Crippen MR) is 109 cm³/mol. The number of hydrogen-bond acceptors (Lipinski definition) is 4. The van der Waals surface area contributed by atoms with Gasteiger partial charge in [0.15, 0.2) is 5.65 Å². The summed E-state index contributed by atoms with van der Waals surface area (Å²) < 4.78 is 42.9. The summed E-state index contributed by atoms with van der Waals surface area (Å²) in [5.74, 6) is -0.563. The second-order valence-corrected chi connectivity index (χ2v) is 7.37.